The van der Waals surface area contributed by atoms with Crippen LogP contribution in [0.3, 0.4) is 0 Å². The molecule has 0 fully saturated rings. The highest BCUT2D eigenvalue weighted by Gasteiger charge is 2.23. The fourth-order valence-corrected chi connectivity index (χ4v) is 3.13. The van der Waals surface area contributed by atoms with Gasteiger partial charge >= 0.3 is 0 Å². The molecule has 0 aromatic heterocycles. The number of nitrogens with zero attached hydrogens (tertiary/aromatic N) is 1. The van der Waals surface area contributed by atoms with Crippen LogP contribution in [-0.4, -0.2) is 34.7 Å². The molecule has 1 N–H and O–H groups in total. The molecular weight excluding hydrogens is 252 g/mol. The maximum Gasteiger partial charge on any atom is 0.240 e. The van der Waals surface area contributed by atoms with E-state index >= 15 is 0 Å². The SMILES string of the molecule is CCNS(=O)(=O)c1ccc2c(c1)N(C)CC(C)O2. The first-order chi connectivity index (χ1) is 8.44. The summed E-state index contributed by atoms with van der Waals surface area (Å²) in [7, 11) is -1.48. The number of likely N-dealkylation sites (N-methyl/N-ethyl adjacent to an activating group) is 1. The van der Waals surface area contributed by atoms with E-state index in [1.807, 2.05) is 18.9 Å². The van der Waals surface area contributed by atoms with E-state index in [-0.39, 0.29) is 11.0 Å². The smallest absolute Gasteiger partial charge is 0.240 e. The molecular formula is C12H18N2O3S. The highest BCUT2D eigenvalue weighted by molar-refractivity contribution is 7.89. The fraction of sp³-hybridized carbons (Fsp3) is 0.500. The van der Waals surface area contributed by atoms with Crippen molar-refractivity contribution in [2.75, 3.05) is 25.0 Å². The lowest BCUT2D eigenvalue weighted by Crippen LogP contribution is -2.35. The van der Waals surface area contributed by atoms with Gasteiger partial charge in [-0.1, -0.05) is 6.92 Å². The molecule has 1 aliphatic heterocycles. The molecule has 0 amide bonds. The van der Waals surface area contributed by atoms with Gasteiger partial charge in [0, 0.05) is 13.6 Å². The number of nitrogens with one attached hydrogen (secondary N) is 1. The molecule has 18 heavy (non-hydrogen) atoms. The Balaban J connectivity index is 2.41. The summed E-state index contributed by atoms with van der Waals surface area (Å²) in [6.07, 6.45) is 0.110. The zero-order valence-electron chi connectivity index (χ0n) is 10.8. The summed E-state index contributed by atoms with van der Waals surface area (Å²) in [5, 5.41) is 0. The zero-order chi connectivity index (χ0) is 13.3. The molecule has 1 heterocycles. The topological polar surface area (TPSA) is 58.6 Å². The molecule has 1 aromatic rings. The molecule has 0 radical (unpaired) electrons. The second-order valence-corrected chi connectivity index (χ2v) is 6.21. The summed E-state index contributed by atoms with van der Waals surface area (Å²) in [5.41, 5.74) is 0.812. The Labute approximate surface area is 108 Å². The van der Waals surface area contributed by atoms with Crippen LogP contribution in [0, 0.1) is 0 Å². The molecule has 0 bridgehead atoms. The highest BCUT2D eigenvalue weighted by Crippen LogP contribution is 2.34. The van der Waals surface area contributed by atoms with Gasteiger partial charge in [-0.3, -0.25) is 0 Å². The maximum absolute atomic E-state index is 11.9. The van der Waals surface area contributed by atoms with E-state index in [9.17, 15) is 8.42 Å². The van der Waals surface area contributed by atoms with Crippen LogP contribution in [0.1, 0.15) is 13.8 Å². The number of hydrogen-bond donors (Lipinski definition) is 1. The van der Waals surface area contributed by atoms with E-state index in [2.05, 4.69) is 4.72 Å². The normalized spacial score (nSPS) is 19.3. The van der Waals surface area contributed by atoms with Gasteiger partial charge in [0.15, 0.2) is 0 Å². The quantitative estimate of drug-likeness (QED) is 0.896. The van der Waals surface area contributed by atoms with Crippen LogP contribution in [-0.2, 0) is 10.0 Å². The van der Waals surface area contributed by atoms with E-state index in [1.54, 1.807) is 25.1 Å². The van der Waals surface area contributed by atoms with Crippen LogP contribution < -0.4 is 14.4 Å². The Morgan fingerprint density at radius 3 is 2.89 bits per heavy atom. The minimum atomic E-state index is -3.41. The Hall–Kier alpha value is -1.27. The number of hydrogen-bond acceptors (Lipinski definition) is 4. The van der Waals surface area contributed by atoms with Crippen molar-refractivity contribution in [3.63, 3.8) is 0 Å². The van der Waals surface area contributed by atoms with E-state index in [0.717, 1.165) is 18.0 Å². The summed E-state index contributed by atoms with van der Waals surface area (Å²) in [5.74, 6) is 0.728. The van der Waals surface area contributed by atoms with Gasteiger partial charge in [-0.25, -0.2) is 13.1 Å². The lowest BCUT2D eigenvalue weighted by Gasteiger charge is -2.32. The predicted octanol–water partition coefficient (Wildman–Crippen LogP) is 1.20. The maximum atomic E-state index is 11.9. The van der Waals surface area contributed by atoms with Gasteiger partial charge in [0.1, 0.15) is 11.9 Å². The fourth-order valence-electron chi connectivity index (χ4n) is 2.07. The van der Waals surface area contributed by atoms with Crippen LogP contribution in [0.25, 0.3) is 0 Å². The summed E-state index contributed by atoms with van der Waals surface area (Å²) in [6, 6.07) is 4.94. The summed E-state index contributed by atoms with van der Waals surface area (Å²) in [4.78, 5) is 2.28. The molecule has 6 heteroatoms. The Morgan fingerprint density at radius 2 is 2.22 bits per heavy atom. The minimum Gasteiger partial charge on any atom is -0.487 e. The highest BCUT2D eigenvalue weighted by atomic mass is 32.2. The molecule has 0 saturated heterocycles. The third-order valence-corrected chi connectivity index (χ3v) is 4.39. The number of anilines is 1. The van der Waals surface area contributed by atoms with Crippen molar-refractivity contribution in [2.24, 2.45) is 0 Å². The third kappa shape index (κ3) is 2.44. The van der Waals surface area contributed by atoms with Crippen LogP contribution in [0.15, 0.2) is 23.1 Å². The number of rotatable bonds is 3. The molecule has 100 valence electrons. The third-order valence-electron chi connectivity index (χ3n) is 2.85. The second-order valence-electron chi connectivity index (χ2n) is 4.44. The van der Waals surface area contributed by atoms with Crippen molar-refractivity contribution in [1.29, 1.82) is 0 Å². The molecule has 5 nitrogen and oxygen atoms in total. The molecule has 1 aromatic carbocycles. The molecule has 2 rings (SSSR count). The largest absolute Gasteiger partial charge is 0.487 e. The van der Waals surface area contributed by atoms with Crippen molar-refractivity contribution < 1.29 is 13.2 Å². The predicted molar refractivity (Wildman–Crippen MR) is 70.7 cm³/mol. The van der Waals surface area contributed by atoms with Gasteiger partial charge in [0.2, 0.25) is 10.0 Å². The van der Waals surface area contributed by atoms with Crippen molar-refractivity contribution in [1.82, 2.24) is 4.72 Å². The van der Waals surface area contributed by atoms with Gasteiger partial charge in [0.25, 0.3) is 0 Å². The number of ether oxygens (including phenoxy) is 1. The van der Waals surface area contributed by atoms with Gasteiger partial charge in [-0.05, 0) is 25.1 Å². The number of benzene rings is 1. The van der Waals surface area contributed by atoms with E-state index in [4.69, 9.17) is 4.74 Å². The van der Waals surface area contributed by atoms with E-state index in [0.29, 0.717) is 6.54 Å². The van der Waals surface area contributed by atoms with Crippen LogP contribution in [0.5, 0.6) is 5.75 Å². The van der Waals surface area contributed by atoms with Crippen molar-refractivity contribution >= 4 is 15.7 Å². The number of sulfonamides is 1. The summed E-state index contributed by atoms with van der Waals surface area (Å²) in [6.45, 7) is 4.87. The molecule has 1 aliphatic rings. The van der Waals surface area contributed by atoms with Gasteiger partial charge < -0.3 is 9.64 Å². The van der Waals surface area contributed by atoms with Crippen LogP contribution in [0.4, 0.5) is 5.69 Å². The summed E-state index contributed by atoms with van der Waals surface area (Å²) < 4.78 is 32.0. The van der Waals surface area contributed by atoms with Crippen LogP contribution in [0.2, 0.25) is 0 Å². The van der Waals surface area contributed by atoms with E-state index < -0.39 is 10.0 Å². The molecule has 1 atom stereocenters. The van der Waals surface area contributed by atoms with Crippen LogP contribution >= 0.6 is 0 Å². The molecule has 1 unspecified atom stereocenters. The Bertz CT molecular complexity index is 542. The van der Waals surface area contributed by atoms with Gasteiger partial charge in [-0.2, -0.15) is 0 Å². The monoisotopic (exact) mass is 270 g/mol. The van der Waals surface area contributed by atoms with Gasteiger partial charge in [-0.15, -0.1) is 0 Å². The second kappa shape index (κ2) is 4.78. The lowest BCUT2D eigenvalue weighted by molar-refractivity contribution is 0.215. The molecule has 0 saturated carbocycles. The van der Waals surface area contributed by atoms with E-state index in [1.165, 1.54) is 0 Å². The number of fused-ring (bicyclic) bond motifs is 1. The van der Waals surface area contributed by atoms with Crippen molar-refractivity contribution in [2.45, 2.75) is 24.8 Å². The first kappa shape index (κ1) is 13.2. The molecule has 0 aliphatic carbocycles. The average Bonchev–Trinajstić information content (AvgIpc) is 2.28. The van der Waals surface area contributed by atoms with Crippen molar-refractivity contribution in [3.8, 4) is 5.75 Å². The minimum absolute atomic E-state index is 0.110. The lowest BCUT2D eigenvalue weighted by atomic mass is 10.2. The van der Waals surface area contributed by atoms with Crippen molar-refractivity contribution in [3.05, 3.63) is 18.2 Å². The van der Waals surface area contributed by atoms with Gasteiger partial charge in [0.05, 0.1) is 17.1 Å². The summed E-state index contributed by atoms with van der Waals surface area (Å²) >= 11 is 0. The molecule has 0 spiro atoms. The first-order valence-electron chi connectivity index (χ1n) is 5.95. The average molecular weight is 270 g/mol. The first-order valence-corrected chi connectivity index (χ1v) is 7.44. The Kier molecular flexibility index (Phi) is 3.49. The standard InChI is InChI=1S/C12H18N2O3S/c1-4-13-18(15,16)10-5-6-12-11(7-10)14(3)8-9(2)17-12/h5-7,9,13H,4,8H2,1-3H3. The Morgan fingerprint density at radius 1 is 1.50 bits per heavy atom. The zero-order valence-corrected chi connectivity index (χ0v) is 11.6.